The first kappa shape index (κ1) is 16.2. The standard InChI is InChI=1S/C17H15N5O3/c23-14-3-1-8-18-16(14)17(25)19-11-15(24)21-12-4-6-13(7-5-12)22-10-2-9-20-22/h1-10,23H,11H2,(H,19,25)(H,21,24). The number of carbonyl (C=O) groups is 2. The second-order valence-corrected chi connectivity index (χ2v) is 5.10. The Bertz CT molecular complexity index is 876. The summed E-state index contributed by atoms with van der Waals surface area (Å²) in [6, 6.07) is 11.8. The SMILES string of the molecule is O=C(CNC(=O)c1ncccc1O)Nc1ccc(-n2cccn2)cc1. The third-order valence-electron chi connectivity index (χ3n) is 3.33. The van der Waals surface area contributed by atoms with Crippen molar-refractivity contribution in [2.24, 2.45) is 0 Å². The molecule has 3 N–H and O–H groups in total. The highest BCUT2D eigenvalue weighted by atomic mass is 16.3. The molecule has 0 bridgehead atoms. The molecule has 0 aliphatic rings. The third-order valence-corrected chi connectivity index (χ3v) is 3.33. The summed E-state index contributed by atoms with van der Waals surface area (Å²) >= 11 is 0. The smallest absolute Gasteiger partial charge is 0.274 e. The Balaban J connectivity index is 1.54. The van der Waals surface area contributed by atoms with E-state index in [2.05, 4.69) is 20.7 Å². The van der Waals surface area contributed by atoms with Gasteiger partial charge in [-0.2, -0.15) is 5.10 Å². The molecule has 0 saturated carbocycles. The largest absolute Gasteiger partial charge is 0.505 e. The number of carbonyl (C=O) groups excluding carboxylic acids is 2. The number of hydrogen-bond donors (Lipinski definition) is 3. The first-order chi connectivity index (χ1) is 12.1. The minimum Gasteiger partial charge on any atom is -0.505 e. The number of aromatic nitrogens is 3. The summed E-state index contributed by atoms with van der Waals surface area (Å²) in [6.07, 6.45) is 4.88. The number of benzene rings is 1. The summed E-state index contributed by atoms with van der Waals surface area (Å²) in [5.41, 5.74) is 1.33. The Hall–Kier alpha value is -3.68. The van der Waals surface area contributed by atoms with Gasteiger partial charge in [-0.15, -0.1) is 0 Å². The minimum atomic E-state index is -0.623. The fraction of sp³-hybridized carbons (Fsp3) is 0.0588. The zero-order chi connectivity index (χ0) is 17.6. The van der Waals surface area contributed by atoms with Crippen LogP contribution in [0.5, 0.6) is 5.75 Å². The van der Waals surface area contributed by atoms with E-state index in [-0.39, 0.29) is 18.0 Å². The molecule has 0 spiro atoms. The van der Waals surface area contributed by atoms with E-state index >= 15 is 0 Å². The summed E-state index contributed by atoms with van der Waals surface area (Å²) in [7, 11) is 0. The van der Waals surface area contributed by atoms with Gasteiger partial charge in [0.1, 0.15) is 5.75 Å². The summed E-state index contributed by atoms with van der Waals surface area (Å²) < 4.78 is 1.70. The van der Waals surface area contributed by atoms with Crippen molar-refractivity contribution in [1.82, 2.24) is 20.1 Å². The lowest BCUT2D eigenvalue weighted by molar-refractivity contribution is -0.115. The molecule has 25 heavy (non-hydrogen) atoms. The van der Waals surface area contributed by atoms with Crippen LogP contribution < -0.4 is 10.6 Å². The van der Waals surface area contributed by atoms with Crippen LogP contribution in [0.4, 0.5) is 5.69 Å². The second-order valence-electron chi connectivity index (χ2n) is 5.10. The van der Waals surface area contributed by atoms with Crippen LogP contribution in [-0.2, 0) is 4.79 Å². The molecular weight excluding hydrogens is 322 g/mol. The zero-order valence-corrected chi connectivity index (χ0v) is 13.1. The molecule has 0 aliphatic heterocycles. The lowest BCUT2D eigenvalue weighted by atomic mass is 10.2. The minimum absolute atomic E-state index is 0.126. The molecule has 126 valence electrons. The van der Waals surface area contributed by atoms with E-state index in [9.17, 15) is 14.7 Å². The highest BCUT2D eigenvalue weighted by molar-refractivity contribution is 5.99. The van der Waals surface area contributed by atoms with Gasteiger partial charge in [-0.3, -0.25) is 9.59 Å². The summed E-state index contributed by atoms with van der Waals surface area (Å²) in [5.74, 6) is -1.26. The van der Waals surface area contributed by atoms with Gasteiger partial charge in [-0.05, 0) is 42.5 Å². The summed E-state index contributed by atoms with van der Waals surface area (Å²) in [5, 5.41) is 18.7. The number of rotatable bonds is 5. The molecule has 2 aromatic heterocycles. The number of pyridine rings is 1. The first-order valence-electron chi connectivity index (χ1n) is 7.45. The van der Waals surface area contributed by atoms with Crippen molar-refractivity contribution in [3.63, 3.8) is 0 Å². The molecular formula is C17H15N5O3. The van der Waals surface area contributed by atoms with Crippen LogP contribution in [0, 0.1) is 0 Å². The van der Waals surface area contributed by atoms with Crippen LogP contribution in [0.25, 0.3) is 5.69 Å². The average Bonchev–Trinajstić information content (AvgIpc) is 3.15. The Morgan fingerprint density at radius 3 is 2.56 bits per heavy atom. The van der Waals surface area contributed by atoms with Crippen molar-refractivity contribution in [3.05, 3.63) is 66.7 Å². The molecule has 0 saturated heterocycles. The highest BCUT2D eigenvalue weighted by Crippen LogP contribution is 2.13. The van der Waals surface area contributed by atoms with Crippen molar-refractivity contribution in [2.45, 2.75) is 0 Å². The van der Waals surface area contributed by atoms with E-state index in [0.717, 1.165) is 5.69 Å². The van der Waals surface area contributed by atoms with Gasteiger partial charge in [-0.1, -0.05) is 0 Å². The second kappa shape index (κ2) is 7.26. The van der Waals surface area contributed by atoms with Gasteiger partial charge in [0.15, 0.2) is 5.69 Å². The number of hydrogen-bond acceptors (Lipinski definition) is 5. The predicted octanol–water partition coefficient (Wildman–Crippen LogP) is 1.34. The van der Waals surface area contributed by atoms with Crippen molar-refractivity contribution < 1.29 is 14.7 Å². The van der Waals surface area contributed by atoms with Crippen molar-refractivity contribution in [1.29, 1.82) is 0 Å². The van der Waals surface area contributed by atoms with Gasteiger partial charge >= 0.3 is 0 Å². The monoisotopic (exact) mass is 337 g/mol. The number of aromatic hydroxyl groups is 1. The van der Waals surface area contributed by atoms with Crippen LogP contribution in [0.3, 0.4) is 0 Å². The van der Waals surface area contributed by atoms with Gasteiger partial charge in [0.25, 0.3) is 5.91 Å². The number of anilines is 1. The van der Waals surface area contributed by atoms with Crippen molar-refractivity contribution in [2.75, 3.05) is 11.9 Å². The van der Waals surface area contributed by atoms with Crippen LogP contribution in [0.1, 0.15) is 10.5 Å². The molecule has 8 heteroatoms. The van der Waals surface area contributed by atoms with E-state index in [4.69, 9.17) is 0 Å². The molecule has 3 rings (SSSR count). The maximum Gasteiger partial charge on any atom is 0.274 e. The normalized spacial score (nSPS) is 10.2. The van der Waals surface area contributed by atoms with E-state index in [1.807, 2.05) is 24.4 Å². The van der Waals surface area contributed by atoms with Crippen LogP contribution in [0.15, 0.2) is 61.1 Å². The van der Waals surface area contributed by atoms with E-state index in [0.29, 0.717) is 5.69 Å². The Kier molecular flexibility index (Phi) is 4.70. The lowest BCUT2D eigenvalue weighted by Crippen LogP contribution is -2.33. The molecule has 1 aromatic carbocycles. The summed E-state index contributed by atoms with van der Waals surface area (Å²) in [6.45, 7) is -0.240. The Labute approximate surface area is 143 Å². The molecule has 0 atom stereocenters. The zero-order valence-electron chi connectivity index (χ0n) is 13.1. The Morgan fingerprint density at radius 2 is 1.88 bits per heavy atom. The maximum atomic E-state index is 11.9. The maximum absolute atomic E-state index is 11.9. The number of amides is 2. The van der Waals surface area contributed by atoms with E-state index in [1.165, 1.54) is 18.3 Å². The molecule has 0 fully saturated rings. The van der Waals surface area contributed by atoms with E-state index in [1.54, 1.807) is 23.0 Å². The quantitative estimate of drug-likeness (QED) is 0.651. The third kappa shape index (κ3) is 3.99. The van der Waals surface area contributed by atoms with Crippen LogP contribution in [0.2, 0.25) is 0 Å². The Morgan fingerprint density at radius 1 is 1.08 bits per heavy atom. The summed E-state index contributed by atoms with van der Waals surface area (Å²) in [4.78, 5) is 27.6. The van der Waals surface area contributed by atoms with Gasteiger partial charge in [-0.25, -0.2) is 9.67 Å². The van der Waals surface area contributed by atoms with Gasteiger partial charge in [0.2, 0.25) is 5.91 Å². The molecule has 0 aliphatic carbocycles. The molecule has 8 nitrogen and oxygen atoms in total. The van der Waals surface area contributed by atoms with Crippen molar-refractivity contribution in [3.8, 4) is 11.4 Å². The predicted molar refractivity (Wildman–Crippen MR) is 90.4 cm³/mol. The molecule has 0 radical (unpaired) electrons. The first-order valence-corrected chi connectivity index (χ1v) is 7.45. The van der Waals surface area contributed by atoms with Crippen LogP contribution in [-0.4, -0.2) is 38.2 Å². The van der Waals surface area contributed by atoms with Gasteiger partial charge in [0, 0.05) is 24.3 Å². The highest BCUT2D eigenvalue weighted by Gasteiger charge is 2.13. The number of nitrogens with one attached hydrogen (secondary N) is 2. The van der Waals surface area contributed by atoms with E-state index < -0.39 is 11.8 Å². The average molecular weight is 337 g/mol. The topological polar surface area (TPSA) is 109 Å². The lowest BCUT2D eigenvalue weighted by Gasteiger charge is -2.08. The fourth-order valence-electron chi connectivity index (χ4n) is 2.14. The van der Waals surface area contributed by atoms with Crippen LogP contribution >= 0.6 is 0 Å². The van der Waals surface area contributed by atoms with Gasteiger partial charge in [0.05, 0.1) is 12.2 Å². The molecule has 2 heterocycles. The number of nitrogens with zero attached hydrogens (tertiary/aromatic N) is 3. The molecule has 0 unspecified atom stereocenters. The fourth-order valence-corrected chi connectivity index (χ4v) is 2.14. The molecule has 3 aromatic rings. The van der Waals surface area contributed by atoms with Crippen molar-refractivity contribution >= 4 is 17.5 Å². The molecule has 2 amide bonds. The van der Waals surface area contributed by atoms with Gasteiger partial charge < -0.3 is 15.7 Å².